The van der Waals surface area contributed by atoms with Gasteiger partial charge in [0, 0.05) is 17.2 Å². The van der Waals surface area contributed by atoms with Crippen molar-refractivity contribution in [1.29, 1.82) is 0 Å². The first-order valence-corrected chi connectivity index (χ1v) is 9.40. The molecular formula is C23H21NO7. The molecule has 2 aliphatic heterocycles. The predicted molar refractivity (Wildman–Crippen MR) is 113 cm³/mol. The van der Waals surface area contributed by atoms with E-state index in [2.05, 4.69) is 4.99 Å². The number of carbonyl (C=O) groups excluding carboxylic acids is 1. The normalized spacial score (nSPS) is 16.0. The van der Waals surface area contributed by atoms with Crippen LogP contribution in [0.5, 0.6) is 28.7 Å². The third-order valence-electron chi connectivity index (χ3n) is 4.81. The van der Waals surface area contributed by atoms with E-state index >= 15 is 0 Å². The van der Waals surface area contributed by atoms with Gasteiger partial charge in [-0.3, -0.25) is 0 Å². The van der Waals surface area contributed by atoms with Crippen molar-refractivity contribution in [2.45, 2.75) is 0 Å². The Morgan fingerprint density at radius 3 is 2.35 bits per heavy atom. The first-order valence-electron chi connectivity index (χ1n) is 9.40. The SMILES string of the molecule is COc1ccc2c(c1)OCC(C=C1N=C(c3cc(OC)c(OC)c(OC)c3)OC1=O)=C2. The molecule has 2 aromatic carbocycles. The summed E-state index contributed by atoms with van der Waals surface area (Å²) in [6.07, 6.45) is 3.59. The second-order valence-corrected chi connectivity index (χ2v) is 6.66. The number of ether oxygens (including phenoxy) is 6. The zero-order chi connectivity index (χ0) is 22.0. The molecule has 0 aromatic heterocycles. The fourth-order valence-corrected chi connectivity index (χ4v) is 3.28. The van der Waals surface area contributed by atoms with Crippen LogP contribution < -0.4 is 23.7 Å². The average molecular weight is 423 g/mol. The Kier molecular flexibility index (Phi) is 5.53. The smallest absolute Gasteiger partial charge is 0.363 e. The van der Waals surface area contributed by atoms with Gasteiger partial charge in [-0.1, -0.05) is 0 Å². The molecule has 0 radical (unpaired) electrons. The van der Waals surface area contributed by atoms with Crippen LogP contribution in [0.3, 0.4) is 0 Å². The minimum Gasteiger partial charge on any atom is -0.497 e. The Bertz CT molecular complexity index is 1110. The zero-order valence-electron chi connectivity index (χ0n) is 17.6. The zero-order valence-corrected chi connectivity index (χ0v) is 17.6. The number of methoxy groups -OCH3 is 4. The maximum Gasteiger partial charge on any atom is 0.363 e. The van der Waals surface area contributed by atoms with Gasteiger partial charge in [0.05, 0.1) is 28.4 Å². The van der Waals surface area contributed by atoms with Crippen molar-refractivity contribution in [3.05, 3.63) is 58.8 Å². The molecule has 0 spiro atoms. The molecule has 4 rings (SSSR count). The van der Waals surface area contributed by atoms with E-state index in [0.717, 1.165) is 16.9 Å². The molecule has 2 aliphatic rings. The van der Waals surface area contributed by atoms with E-state index in [-0.39, 0.29) is 11.6 Å². The van der Waals surface area contributed by atoms with Gasteiger partial charge in [-0.2, -0.15) is 0 Å². The van der Waals surface area contributed by atoms with Crippen molar-refractivity contribution in [2.75, 3.05) is 35.0 Å². The summed E-state index contributed by atoms with van der Waals surface area (Å²) in [4.78, 5) is 16.8. The lowest BCUT2D eigenvalue weighted by Gasteiger charge is -2.16. The predicted octanol–water partition coefficient (Wildman–Crippen LogP) is 3.38. The highest BCUT2D eigenvalue weighted by Crippen LogP contribution is 2.39. The van der Waals surface area contributed by atoms with Crippen LogP contribution in [0, 0.1) is 0 Å². The van der Waals surface area contributed by atoms with Gasteiger partial charge in [0.1, 0.15) is 18.1 Å². The van der Waals surface area contributed by atoms with E-state index in [9.17, 15) is 4.79 Å². The molecule has 0 fully saturated rings. The van der Waals surface area contributed by atoms with Crippen LogP contribution in [-0.2, 0) is 9.53 Å². The molecule has 160 valence electrons. The highest BCUT2D eigenvalue weighted by Gasteiger charge is 2.27. The number of benzene rings is 2. The van der Waals surface area contributed by atoms with Gasteiger partial charge in [0.15, 0.2) is 17.2 Å². The molecule has 8 heteroatoms. The van der Waals surface area contributed by atoms with Crippen molar-refractivity contribution in [1.82, 2.24) is 0 Å². The standard InChI is InChI=1S/C23H21NO7/c1-26-16-6-5-14-7-13(12-30-18(14)11-16)8-17-23(25)31-22(24-17)15-9-19(27-2)21(29-4)20(10-15)28-3/h5-11H,12H2,1-4H3. The second kappa shape index (κ2) is 8.43. The molecule has 0 bridgehead atoms. The molecule has 2 aromatic rings. The van der Waals surface area contributed by atoms with Crippen LogP contribution in [0.2, 0.25) is 0 Å². The summed E-state index contributed by atoms with van der Waals surface area (Å²) < 4.78 is 32.4. The molecule has 0 unspecified atom stereocenters. The number of fused-ring (bicyclic) bond motifs is 1. The Labute approximate surface area is 179 Å². The summed E-state index contributed by atoms with van der Waals surface area (Å²) in [5.41, 5.74) is 2.38. The first kappa shape index (κ1) is 20.3. The topological polar surface area (TPSA) is 84.8 Å². The molecule has 0 saturated carbocycles. The summed E-state index contributed by atoms with van der Waals surface area (Å²) in [6, 6.07) is 8.90. The third-order valence-corrected chi connectivity index (χ3v) is 4.81. The van der Waals surface area contributed by atoms with Crippen molar-refractivity contribution in [2.24, 2.45) is 4.99 Å². The van der Waals surface area contributed by atoms with Gasteiger partial charge in [-0.25, -0.2) is 9.79 Å². The molecule has 0 N–H and O–H groups in total. The largest absolute Gasteiger partial charge is 0.497 e. The number of esters is 1. The van der Waals surface area contributed by atoms with Crippen LogP contribution in [0.25, 0.3) is 6.08 Å². The number of carbonyl (C=O) groups is 1. The Morgan fingerprint density at radius 1 is 0.968 bits per heavy atom. The van der Waals surface area contributed by atoms with E-state index in [4.69, 9.17) is 28.4 Å². The Balaban J connectivity index is 1.66. The minimum atomic E-state index is -0.551. The molecule has 0 atom stereocenters. The van der Waals surface area contributed by atoms with Gasteiger partial charge >= 0.3 is 5.97 Å². The lowest BCUT2D eigenvalue weighted by molar-refractivity contribution is -0.130. The Hall–Kier alpha value is -3.94. The van der Waals surface area contributed by atoms with Crippen molar-refractivity contribution in [3.63, 3.8) is 0 Å². The highest BCUT2D eigenvalue weighted by molar-refractivity contribution is 6.11. The van der Waals surface area contributed by atoms with Gasteiger partial charge in [-0.05, 0) is 42.0 Å². The Morgan fingerprint density at radius 2 is 1.71 bits per heavy atom. The van der Waals surface area contributed by atoms with Gasteiger partial charge < -0.3 is 28.4 Å². The lowest BCUT2D eigenvalue weighted by Crippen LogP contribution is -2.08. The number of nitrogens with zero attached hydrogens (tertiary/aromatic N) is 1. The highest BCUT2D eigenvalue weighted by atomic mass is 16.6. The maximum absolute atomic E-state index is 12.4. The van der Waals surface area contributed by atoms with Crippen LogP contribution in [0.4, 0.5) is 0 Å². The molecule has 2 heterocycles. The fraction of sp³-hybridized carbons (Fsp3) is 0.217. The van der Waals surface area contributed by atoms with Crippen molar-refractivity contribution >= 4 is 17.9 Å². The molecule has 8 nitrogen and oxygen atoms in total. The van der Waals surface area contributed by atoms with Crippen LogP contribution >= 0.6 is 0 Å². The average Bonchev–Trinajstić information content (AvgIpc) is 3.17. The van der Waals surface area contributed by atoms with Crippen molar-refractivity contribution in [3.8, 4) is 28.7 Å². The fourth-order valence-electron chi connectivity index (χ4n) is 3.28. The summed E-state index contributed by atoms with van der Waals surface area (Å²) in [7, 11) is 6.14. The van der Waals surface area contributed by atoms with E-state index in [1.54, 1.807) is 25.3 Å². The molecule has 0 aliphatic carbocycles. The monoisotopic (exact) mass is 423 g/mol. The molecular weight excluding hydrogens is 402 g/mol. The quantitative estimate of drug-likeness (QED) is 0.520. The third kappa shape index (κ3) is 3.92. The summed E-state index contributed by atoms with van der Waals surface area (Å²) in [5.74, 6) is 2.34. The van der Waals surface area contributed by atoms with Crippen LogP contribution in [-0.4, -0.2) is 46.9 Å². The van der Waals surface area contributed by atoms with Crippen molar-refractivity contribution < 1.29 is 33.2 Å². The van der Waals surface area contributed by atoms with Gasteiger partial charge in [-0.15, -0.1) is 0 Å². The first-order chi connectivity index (χ1) is 15.1. The van der Waals surface area contributed by atoms with E-state index in [1.165, 1.54) is 21.3 Å². The molecule has 31 heavy (non-hydrogen) atoms. The summed E-state index contributed by atoms with van der Waals surface area (Å²) in [5, 5.41) is 0. The maximum atomic E-state index is 12.4. The minimum absolute atomic E-state index is 0.151. The molecule has 0 saturated heterocycles. The van der Waals surface area contributed by atoms with E-state index in [0.29, 0.717) is 35.2 Å². The van der Waals surface area contributed by atoms with Gasteiger partial charge in [0.25, 0.3) is 0 Å². The second-order valence-electron chi connectivity index (χ2n) is 6.66. The number of hydrogen-bond donors (Lipinski definition) is 0. The summed E-state index contributed by atoms with van der Waals surface area (Å²) in [6.45, 7) is 0.298. The molecule has 0 amide bonds. The number of hydrogen-bond acceptors (Lipinski definition) is 8. The number of aliphatic imine (C=N–C) groups is 1. The summed E-state index contributed by atoms with van der Waals surface area (Å²) >= 11 is 0. The van der Waals surface area contributed by atoms with Gasteiger partial charge in [0.2, 0.25) is 11.6 Å². The van der Waals surface area contributed by atoms with E-state index < -0.39 is 5.97 Å². The van der Waals surface area contributed by atoms with Crippen LogP contribution in [0.15, 0.2) is 52.7 Å². The van der Waals surface area contributed by atoms with E-state index in [1.807, 2.05) is 24.3 Å². The lowest BCUT2D eigenvalue weighted by atomic mass is 10.1. The number of cyclic esters (lactones) is 1. The number of rotatable bonds is 6. The van der Waals surface area contributed by atoms with Crippen LogP contribution in [0.1, 0.15) is 11.1 Å².